The lowest BCUT2D eigenvalue weighted by atomic mass is 10.1. The van der Waals surface area contributed by atoms with Crippen LogP contribution in [0.15, 0.2) is 54.6 Å². The summed E-state index contributed by atoms with van der Waals surface area (Å²) in [6, 6.07) is 14.5. The van der Waals surface area contributed by atoms with Crippen LogP contribution < -0.4 is 15.5 Å². The van der Waals surface area contributed by atoms with Crippen molar-refractivity contribution in [3.05, 3.63) is 54.6 Å². The van der Waals surface area contributed by atoms with Crippen molar-refractivity contribution in [2.24, 2.45) is 5.92 Å². The highest BCUT2D eigenvalue weighted by molar-refractivity contribution is 6.02. The third-order valence-corrected chi connectivity index (χ3v) is 4.45. The number of carbonyl (C=O) groups is 3. The number of phenols is 1. The molecule has 1 saturated heterocycles. The first kappa shape index (κ1) is 18.4. The van der Waals surface area contributed by atoms with Gasteiger partial charge in [-0.2, -0.15) is 0 Å². The number of amides is 3. The number of nitrogens with zero attached hydrogens (tertiary/aromatic N) is 1. The number of benzene rings is 2. The van der Waals surface area contributed by atoms with Crippen LogP contribution in [0.4, 0.5) is 11.4 Å². The predicted molar refractivity (Wildman–Crippen MR) is 101 cm³/mol. The summed E-state index contributed by atoms with van der Waals surface area (Å²) < 4.78 is 0. The summed E-state index contributed by atoms with van der Waals surface area (Å²) in [5, 5.41) is 14.6. The molecule has 0 bridgehead atoms. The van der Waals surface area contributed by atoms with Gasteiger partial charge in [0.2, 0.25) is 17.7 Å². The Labute approximate surface area is 157 Å². The standard InChI is InChI=1S/C20H21N3O4/c1-13(19(26)22-15-7-9-17(24)10-8-15)21-20(27)14-11-18(25)23(12-14)16-5-3-2-4-6-16/h2-10,13-14,24H,11-12H2,1H3,(H,21,27)(H,22,26)/t13-,14-/m0/s1. The summed E-state index contributed by atoms with van der Waals surface area (Å²) in [7, 11) is 0. The van der Waals surface area contributed by atoms with E-state index in [1.165, 1.54) is 12.1 Å². The van der Waals surface area contributed by atoms with Crippen molar-refractivity contribution in [1.29, 1.82) is 0 Å². The van der Waals surface area contributed by atoms with Gasteiger partial charge < -0.3 is 20.6 Å². The molecule has 0 saturated carbocycles. The summed E-state index contributed by atoms with van der Waals surface area (Å²) in [4.78, 5) is 38.5. The lowest BCUT2D eigenvalue weighted by molar-refractivity contribution is -0.129. The van der Waals surface area contributed by atoms with Crippen molar-refractivity contribution in [3.8, 4) is 5.75 Å². The predicted octanol–water partition coefficient (Wildman–Crippen LogP) is 1.89. The number of aromatic hydroxyl groups is 1. The van der Waals surface area contributed by atoms with Crippen LogP contribution in [0.3, 0.4) is 0 Å². The van der Waals surface area contributed by atoms with Gasteiger partial charge in [-0.15, -0.1) is 0 Å². The quantitative estimate of drug-likeness (QED) is 0.703. The van der Waals surface area contributed by atoms with Crippen molar-refractivity contribution in [2.45, 2.75) is 19.4 Å². The summed E-state index contributed by atoms with van der Waals surface area (Å²) >= 11 is 0. The third-order valence-electron chi connectivity index (χ3n) is 4.45. The minimum absolute atomic E-state index is 0.100. The molecular weight excluding hydrogens is 346 g/mol. The molecule has 3 amide bonds. The molecule has 2 atom stereocenters. The van der Waals surface area contributed by atoms with E-state index in [9.17, 15) is 19.5 Å². The average Bonchev–Trinajstić information content (AvgIpc) is 3.06. The molecule has 0 radical (unpaired) electrons. The van der Waals surface area contributed by atoms with Crippen LogP contribution in [0, 0.1) is 5.92 Å². The van der Waals surface area contributed by atoms with E-state index >= 15 is 0 Å². The van der Waals surface area contributed by atoms with E-state index in [0.29, 0.717) is 12.2 Å². The zero-order valence-electron chi connectivity index (χ0n) is 14.9. The molecular formula is C20H21N3O4. The van der Waals surface area contributed by atoms with Gasteiger partial charge in [0.05, 0.1) is 5.92 Å². The van der Waals surface area contributed by atoms with Crippen molar-refractivity contribution >= 4 is 29.1 Å². The van der Waals surface area contributed by atoms with Crippen LogP contribution in [0.25, 0.3) is 0 Å². The SMILES string of the molecule is C[C@H](NC(=O)[C@H]1CC(=O)N(c2ccccc2)C1)C(=O)Nc1ccc(O)cc1. The van der Waals surface area contributed by atoms with E-state index in [0.717, 1.165) is 5.69 Å². The first-order valence-electron chi connectivity index (χ1n) is 8.69. The van der Waals surface area contributed by atoms with Gasteiger partial charge in [-0.1, -0.05) is 18.2 Å². The maximum absolute atomic E-state index is 12.5. The van der Waals surface area contributed by atoms with Crippen LogP contribution >= 0.6 is 0 Å². The van der Waals surface area contributed by atoms with Crippen molar-refractivity contribution < 1.29 is 19.5 Å². The highest BCUT2D eigenvalue weighted by Gasteiger charge is 2.35. The Kier molecular flexibility index (Phi) is 5.40. The van der Waals surface area contributed by atoms with Crippen LogP contribution in [0.5, 0.6) is 5.75 Å². The minimum Gasteiger partial charge on any atom is -0.508 e. The number of hydrogen-bond donors (Lipinski definition) is 3. The summed E-state index contributed by atoms with van der Waals surface area (Å²) in [5.74, 6) is -1.21. The fraction of sp³-hybridized carbons (Fsp3) is 0.250. The molecule has 1 aliphatic rings. The molecule has 1 fully saturated rings. The smallest absolute Gasteiger partial charge is 0.246 e. The highest BCUT2D eigenvalue weighted by Crippen LogP contribution is 2.25. The number of anilines is 2. The molecule has 2 aromatic rings. The van der Waals surface area contributed by atoms with Gasteiger partial charge in [0.25, 0.3) is 0 Å². The molecule has 0 aliphatic carbocycles. The third kappa shape index (κ3) is 4.44. The van der Waals surface area contributed by atoms with Gasteiger partial charge in [0.1, 0.15) is 11.8 Å². The van der Waals surface area contributed by atoms with E-state index in [-0.39, 0.29) is 29.9 Å². The van der Waals surface area contributed by atoms with E-state index in [1.54, 1.807) is 24.0 Å². The Hall–Kier alpha value is -3.35. The van der Waals surface area contributed by atoms with Gasteiger partial charge in [-0.3, -0.25) is 14.4 Å². The van der Waals surface area contributed by atoms with Gasteiger partial charge in [0, 0.05) is 24.3 Å². The summed E-state index contributed by atoms with van der Waals surface area (Å²) in [5.41, 5.74) is 1.28. The lowest BCUT2D eigenvalue weighted by Crippen LogP contribution is -2.44. The maximum Gasteiger partial charge on any atom is 0.246 e. The second kappa shape index (κ2) is 7.90. The molecule has 2 aromatic carbocycles. The Bertz CT molecular complexity index is 836. The topological polar surface area (TPSA) is 98.7 Å². The molecule has 0 aromatic heterocycles. The largest absolute Gasteiger partial charge is 0.508 e. The van der Waals surface area contributed by atoms with Crippen LogP contribution in [0.1, 0.15) is 13.3 Å². The Morgan fingerprint density at radius 3 is 2.44 bits per heavy atom. The van der Waals surface area contributed by atoms with Crippen molar-refractivity contribution in [3.63, 3.8) is 0 Å². The molecule has 7 nitrogen and oxygen atoms in total. The molecule has 140 valence electrons. The molecule has 0 spiro atoms. The Morgan fingerprint density at radius 2 is 1.78 bits per heavy atom. The Morgan fingerprint density at radius 1 is 1.11 bits per heavy atom. The molecule has 3 N–H and O–H groups in total. The number of nitrogens with one attached hydrogen (secondary N) is 2. The molecule has 1 heterocycles. The van der Waals surface area contributed by atoms with Crippen LogP contribution in [-0.4, -0.2) is 35.4 Å². The van der Waals surface area contributed by atoms with Crippen LogP contribution in [0.2, 0.25) is 0 Å². The number of hydrogen-bond acceptors (Lipinski definition) is 4. The normalized spacial score (nSPS) is 17.4. The number of carbonyl (C=O) groups excluding carboxylic acids is 3. The van der Waals surface area contributed by atoms with Crippen molar-refractivity contribution in [2.75, 3.05) is 16.8 Å². The molecule has 3 rings (SSSR count). The van der Waals surface area contributed by atoms with Gasteiger partial charge in [0.15, 0.2) is 0 Å². The molecule has 27 heavy (non-hydrogen) atoms. The maximum atomic E-state index is 12.5. The number of para-hydroxylation sites is 1. The first-order valence-corrected chi connectivity index (χ1v) is 8.69. The van der Waals surface area contributed by atoms with E-state index in [4.69, 9.17) is 0 Å². The van der Waals surface area contributed by atoms with Crippen molar-refractivity contribution in [1.82, 2.24) is 5.32 Å². The monoisotopic (exact) mass is 367 g/mol. The van der Waals surface area contributed by atoms with E-state index in [2.05, 4.69) is 10.6 Å². The minimum atomic E-state index is -0.757. The van der Waals surface area contributed by atoms with Gasteiger partial charge >= 0.3 is 0 Å². The average molecular weight is 367 g/mol. The van der Waals surface area contributed by atoms with Gasteiger partial charge in [-0.25, -0.2) is 0 Å². The summed E-state index contributed by atoms with van der Waals surface area (Å²) in [6.45, 7) is 1.88. The first-order chi connectivity index (χ1) is 12.9. The van der Waals surface area contributed by atoms with Gasteiger partial charge in [-0.05, 0) is 43.3 Å². The zero-order valence-corrected chi connectivity index (χ0v) is 14.9. The second-order valence-electron chi connectivity index (χ2n) is 6.51. The Balaban J connectivity index is 1.56. The second-order valence-corrected chi connectivity index (χ2v) is 6.51. The summed E-state index contributed by atoms with van der Waals surface area (Å²) in [6.07, 6.45) is 0.118. The molecule has 1 aliphatic heterocycles. The number of rotatable bonds is 5. The highest BCUT2D eigenvalue weighted by atomic mass is 16.3. The lowest BCUT2D eigenvalue weighted by Gasteiger charge is -2.18. The van der Waals surface area contributed by atoms with E-state index < -0.39 is 12.0 Å². The molecule has 0 unspecified atom stereocenters. The van der Waals surface area contributed by atoms with E-state index in [1.807, 2.05) is 30.3 Å². The molecule has 7 heteroatoms. The zero-order chi connectivity index (χ0) is 19.4. The fourth-order valence-electron chi connectivity index (χ4n) is 2.93. The van der Waals surface area contributed by atoms with Crippen LogP contribution in [-0.2, 0) is 14.4 Å². The fourth-order valence-corrected chi connectivity index (χ4v) is 2.93. The number of phenolic OH excluding ortho intramolecular Hbond substituents is 1.